The number of hydrogen-bond acceptors (Lipinski definition) is 6. The molecule has 2 aromatic carbocycles. The molecule has 186 valence electrons. The average molecular weight is 486 g/mol. The smallest absolute Gasteiger partial charge is 0.326 e. The molecule has 0 saturated heterocycles. The van der Waals surface area contributed by atoms with Crippen LogP contribution >= 0.6 is 0 Å². The number of carboxylic acids is 1. The molecule has 0 saturated carbocycles. The molecule has 4 N–H and O–H groups in total. The van der Waals surface area contributed by atoms with Crippen molar-refractivity contribution in [2.24, 2.45) is 0 Å². The molecule has 0 aliphatic carbocycles. The Labute approximate surface area is 210 Å². The molecule has 0 fully saturated rings. The third-order valence-electron chi connectivity index (χ3n) is 6.03. The number of nitrogens with one attached hydrogen (secondary N) is 3. The van der Waals surface area contributed by atoms with Gasteiger partial charge in [0.1, 0.15) is 23.4 Å². The molecule has 0 bridgehead atoms. The van der Waals surface area contributed by atoms with Gasteiger partial charge in [-0.1, -0.05) is 42.0 Å². The molecule has 0 spiro atoms. The number of hydrogen-bond donors (Lipinski definition) is 4. The van der Waals surface area contributed by atoms with Crippen molar-refractivity contribution in [3.63, 3.8) is 0 Å². The van der Waals surface area contributed by atoms with Crippen LogP contribution in [0.1, 0.15) is 28.1 Å². The van der Waals surface area contributed by atoms with Crippen LogP contribution in [0.3, 0.4) is 0 Å². The zero-order valence-corrected chi connectivity index (χ0v) is 20.9. The van der Waals surface area contributed by atoms with Crippen molar-refractivity contribution in [1.82, 2.24) is 15.0 Å². The Bertz CT molecular complexity index is 1320. The largest absolute Gasteiger partial charge is 0.497 e. The Balaban J connectivity index is 1.40. The number of nitrogens with zero attached hydrogens (tertiary/aromatic N) is 2. The lowest BCUT2D eigenvalue weighted by Crippen LogP contribution is -2.32. The molecule has 1 unspecified atom stereocenters. The molecule has 0 amide bonds. The summed E-state index contributed by atoms with van der Waals surface area (Å²) in [5.74, 6) is 1.33. The van der Waals surface area contributed by atoms with Crippen LogP contribution in [0, 0.1) is 20.8 Å². The lowest BCUT2D eigenvalue weighted by Gasteiger charge is -2.20. The van der Waals surface area contributed by atoms with Crippen LogP contribution in [0.4, 0.5) is 11.5 Å². The van der Waals surface area contributed by atoms with Crippen LogP contribution in [-0.4, -0.2) is 39.2 Å². The Morgan fingerprint density at radius 1 is 1.06 bits per heavy atom. The lowest BCUT2D eigenvalue weighted by molar-refractivity contribution is -0.137. The summed E-state index contributed by atoms with van der Waals surface area (Å²) in [6, 6.07) is 14.9. The SMILES string of the molecule is COc1ccnc(NCc2ncc(-c3ccc(CC(Nc4c(C)cc(C)cc4C)C(=O)O)cc3)[nH]2)c1. The lowest BCUT2D eigenvalue weighted by atomic mass is 10.0. The average Bonchev–Trinajstić information content (AvgIpc) is 3.33. The molecule has 8 nitrogen and oxygen atoms in total. The van der Waals surface area contributed by atoms with Crippen LogP contribution in [-0.2, 0) is 17.8 Å². The van der Waals surface area contributed by atoms with E-state index in [0.29, 0.717) is 18.8 Å². The third kappa shape index (κ3) is 6.02. The summed E-state index contributed by atoms with van der Waals surface area (Å²) in [6.45, 7) is 6.52. The second kappa shape index (κ2) is 10.9. The number of imidazole rings is 1. The van der Waals surface area contributed by atoms with Gasteiger partial charge in [-0.25, -0.2) is 14.8 Å². The van der Waals surface area contributed by atoms with Crippen molar-refractivity contribution in [2.45, 2.75) is 39.8 Å². The zero-order chi connectivity index (χ0) is 25.7. The summed E-state index contributed by atoms with van der Waals surface area (Å²) >= 11 is 0. The molecular weight excluding hydrogens is 454 g/mol. The van der Waals surface area contributed by atoms with Gasteiger partial charge in [-0.15, -0.1) is 0 Å². The van der Waals surface area contributed by atoms with Gasteiger partial charge in [0, 0.05) is 24.4 Å². The predicted octanol–water partition coefficient (Wildman–Crippen LogP) is 5.13. The number of H-pyrrole nitrogens is 1. The van der Waals surface area contributed by atoms with E-state index in [1.54, 1.807) is 25.6 Å². The van der Waals surface area contributed by atoms with Gasteiger partial charge in [-0.3, -0.25) is 0 Å². The molecule has 1 atom stereocenters. The van der Waals surface area contributed by atoms with Crippen molar-refractivity contribution < 1.29 is 14.6 Å². The van der Waals surface area contributed by atoms with Crippen molar-refractivity contribution >= 4 is 17.5 Å². The summed E-state index contributed by atoms with van der Waals surface area (Å²) in [5, 5.41) is 16.3. The first-order valence-corrected chi connectivity index (χ1v) is 11.8. The Kier molecular flexibility index (Phi) is 7.53. The number of aliphatic carboxylic acids is 1. The highest BCUT2D eigenvalue weighted by Crippen LogP contribution is 2.24. The molecule has 0 aliphatic rings. The summed E-state index contributed by atoms with van der Waals surface area (Å²) in [4.78, 5) is 24.0. The Hall–Kier alpha value is -4.33. The van der Waals surface area contributed by atoms with E-state index >= 15 is 0 Å². The van der Waals surface area contributed by atoms with Gasteiger partial charge < -0.3 is 25.5 Å². The minimum Gasteiger partial charge on any atom is -0.497 e. The molecular formula is C28H31N5O3. The van der Waals surface area contributed by atoms with Crippen molar-refractivity contribution in [3.8, 4) is 17.0 Å². The van der Waals surface area contributed by atoms with Crippen molar-refractivity contribution in [2.75, 3.05) is 17.7 Å². The fraction of sp³-hybridized carbons (Fsp3) is 0.250. The molecule has 2 heterocycles. The van der Waals surface area contributed by atoms with Gasteiger partial charge in [0.15, 0.2) is 0 Å². The van der Waals surface area contributed by atoms with E-state index < -0.39 is 12.0 Å². The van der Waals surface area contributed by atoms with E-state index in [1.165, 1.54) is 0 Å². The highest BCUT2D eigenvalue weighted by atomic mass is 16.5. The molecule has 0 radical (unpaired) electrons. The van der Waals surface area contributed by atoms with Gasteiger partial charge in [-0.2, -0.15) is 0 Å². The second-order valence-corrected chi connectivity index (χ2v) is 8.89. The van der Waals surface area contributed by atoms with E-state index in [2.05, 4.69) is 37.7 Å². The maximum Gasteiger partial charge on any atom is 0.326 e. The summed E-state index contributed by atoms with van der Waals surface area (Å²) in [5.41, 5.74) is 6.92. The molecule has 4 rings (SSSR count). The topological polar surface area (TPSA) is 112 Å². The fourth-order valence-corrected chi connectivity index (χ4v) is 4.25. The number of carbonyl (C=O) groups is 1. The zero-order valence-electron chi connectivity index (χ0n) is 20.9. The number of aromatic amines is 1. The van der Waals surface area contributed by atoms with E-state index in [-0.39, 0.29) is 0 Å². The Morgan fingerprint density at radius 2 is 1.78 bits per heavy atom. The normalized spacial score (nSPS) is 11.7. The number of carboxylic acid groups (broad SMARTS) is 1. The summed E-state index contributed by atoms with van der Waals surface area (Å²) in [6.07, 6.45) is 3.84. The Morgan fingerprint density at radius 3 is 2.44 bits per heavy atom. The predicted molar refractivity (Wildman–Crippen MR) is 142 cm³/mol. The maximum absolute atomic E-state index is 12.0. The number of rotatable bonds is 10. The number of ether oxygens (including phenoxy) is 1. The van der Waals surface area contributed by atoms with E-state index in [4.69, 9.17) is 4.74 Å². The van der Waals surface area contributed by atoms with Crippen LogP contribution in [0.2, 0.25) is 0 Å². The van der Waals surface area contributed by atoms with Crippen molar-refractivity contribution in [1.29, 1.82) is 0 Å². The van der Waals surface area contributed by atoms with E-state index in [1.807, 2.05) is 51.1 Å². The maximum atomic E-state index is 12.0. The van der Waals surface area contributed by atoms with Crippen LogP contribution in [0.15, 0.2) is 60.9 Å². The monoisotopic (exact) mass is 485 g/mol. The molecule has 2 aromatic heterocycles. The van der Waals surface area contributed by atoms with Gasteiger partial charge in [-0.05, 0) is 49.1 Å². The van der Waals surface area contributed by atoms with Crippen molar-refractivity contribution in [3.05, 3.63) is 89.0 Å². The van der Waals surface area contributed by atoms with E-state index in [0.717, 1.165) is 50.8 Å². The highest BCUT2D eigenvalue weighted by molar-refractivity contribution is 5.79. The third-order valence-corrected chi connectivity index (χ3v) is 6.03. The first kappa shape index (κ1) is 24.8. The highest BCUT2D eigenvalue weighted by Gasteiger charge is 2.20. The van der Waals surface area contributed by atoms with Gasteiger partial charge in [0.05, 0.1) is 25.5 Å². The number of aryl methyl sites for hydroxylation is 3. The van der Waals surface area contributed by atoms with Gasteiger partial charge in [0.2, 0.25) is 0 Å². The molecule has 8 heteroatoms. The van der Waals surface area contributed by atoms with Gasteiger partial charge in [0.25, 0.3) is 0 Å². The molecule has 4 aromatic rings. The first-order valence-electron chi connectivity index (χ1n) is 11.8. The minimum atomic E-state index is -0.880. The van der Waals surface area contributed by atoms with Crippen LogP contribution in [0.5, 0.6) is 5.75 Å². The van der Waals surface area contributed by atoms with Crippen LogP contribution < -0.4 is 15.4 Å². The molecule has 0 aliphatic heterocycles. The minimum absolute atomic E-state index is 0.369. The van der Waals surface area contributed by atoms with Crippen LogP contribution in [0.25, 0.3) is 11.3 Å². The summed E-state index contributed by atoms with van der Waals surface area (Å²) < 4.78 is 5.22. The summed E-state index contributed by atoms with van der Waals surface area (Å²) in [7, 11) is 1.62. The number of methoxy groups -OCH3 is 1. The number of pyridine rings is 1. The number of anilines is 2. The fourth-order valence-electron chi connectivity index (χ4n) is 4.25. The molecule has 36 heavy (non-hydrogen) atoms. The first-order chi connectivity index (χ1) is 17.3. The van der Waals surface area contributed by atoms with E-state index in [9.17, 15) is 9.90 Å². The quantitative estimate of drug-likeness (QED) is 0.246. The number of aromatic nitrogens is 3. The van der Waals surface area contributed by atoms with Gasteiger partial charge >= 0.3 is 5.97 Å². The standard InChI is InChI=1S/C28H31N5O3/c1-17-11-18(2)27(19(3)12-17)33-23(28(34)35)13-20-5-7-21(8-6-20)24-15-30-26(32-24)16-31-25-14-22(36-4)9-10-29-25/h5-12,14-15,23,33H,13,16H2,1-4H3,(H,29,31)(H,30,32)(H,34,35). The second-order valence-electron chi connectivity index (χ2n) is 8.89. The number of benzene rings is 2.